The molecule has 22 heavy (non-hydrogen) atoms. The number of nitrogens with zero attached hydrogens (tertiary/aromatic N) is 2. The zero-order valence-electron chi connectivity index (χ0n) is 12.3. The highest BCUT2D eigenvalue weighted by Gasteiger charge is 2.17. The molecule has 0 bridgehead atoms. The van der Waals surface area contributed by atoms with E-state index in [2.05, 4.69) is 15.3 Å². The van der Waals surface area contributed by atoms with Crippen molar-refractivity contribution in [1.82, 2.24) is 20.2 Å². The predicted molar refractivity (Wildman–Crippen MR) is 85.9 cm³/mol. The molecule has 0 saturated heterocycles. The van der Waals surface area contributed by atoms with Gasteiger partial charge < -0.3 is 15.2 Å². The number of rotatable bonds is 2. The molecule has 0 fully saturated rings. The molecule has 2 N–H and O–H groups in total. The lowest BCUT2D eigenvalue weighted by Gasteiger charge is -2.24. The quantitative estimate of drug-likeness (QED) is 0.894. The number of benzene rings is 1. The number of amides is 2. The summed E-state index contributed by atoms with van der Waals surface area (Å²) in [5.41, 5.74) is 3.33. The monoisotopic (exact) mass is 318 g/mol. The van der Waals surface area contributed by atoms with Crippen LogP contribution in [0.1, 0.15) is 23.4 Å². The van der Waals surface area contributed by atoms with E-state index in [0.717, 1.165) is 37.1 Å². The third-order valence-electron chi connectivity index (χ3n) is 3.93. The van der Waals surface area contributed by atoms with Crippen LogP contribution in [0.25, 0.3) is 0 Å². The van der Waals surface area contributed by atoms with Gasteiger partial charge >= 0.3 is 6.03 Å². The van der Waals surface area contributed by atoms with Gasteiger partial charge in [0, 0.05) is 36.8 Å². The van der Waals surface area contributed by atoms with Gasteiger partial charge in [0.25, 0.3) is 0 Å². The highest BCUT2D eigenvalue weighted by Crippen LogP contribution is 2.13. The Morgan fingerprint density at radius 2 is 2.09 bits per heavy atom. The van der Waals surface area contributed by atoms with Crippen LogP contribution >= 0.6 is 11.6 Å². The van der Waals surface area contributed by atoms with Crippen LogP contribution in [0.5, 0.6) is 0 Å². The van der Waals surface area contributed by atoms with E-state index in [1.165, 1.54) is 5.69 Å². The summed E-state index contributed by atoms with van der Waals surface area (Å²) in [5.74, 6) is 0. The lowest BCUT2D eigenvalue weighted by atomic mass is 10.1. The molecule has 0 saturated carbocycles. The molecule has 116 valence electrons. The highest BCUT2D eigenvalue weighted by molar-refractivity contribution is 6.30. The van der Waals surface area contributed by atoms with E-state index in [-0.39, 0.29) is 6.03 Å². The maximum absolute atomic E-state index is 12.3. The minimum absolute atomic E-state index is 0.0195. The molecule has 0 spiro atoms. The van der Waals surface area contributed by atoms with Gasteiger partial charge in [0.1, 0.15) is 0 Å². The zero-order valence-corrected chi connectivity index (χ0v) is 13.1. The molecule has 1 aromatic heterocycles. The fraction of sp³-hybridized carbons (Fsp3) is 0.375. The van der Waals surface area contributed by atoms with Crippen molar-refractivity contribution in [2.75, 3.05) is 13.1 Å². The topological polar surface area (TPSA) is 61.0 Å². The molecular weight excluding hydrogens is 300 g/mol. The summed E-state index contributed by atoms with van der Waals surface area (Å²) in [6, 6.07) is 7.49. The molecule has 2 heterocycles. The van der Waals surface area contributed by atoms with E-state index >= 15 is 0 Å². The molecule has 0 radical (unpaired) electrons. The van der Waals surface area contributed by atoms with Crippen LogP contribution in [0.2, 0.25) is 5.02 Å². The summed E-state index contributed by atoms with van der Waals surface area (Å²) < 4.78 is 0. The van der Waals surface area contributed by atoms with E-state index in [0.29, 0.717) is 18.1 Å². The minimum Gasteiger partial charge on any atom is -0.348 e. The van der Waals surface area contributed by atoms with Crippen molar-refractivity contribution >= 4 is 17.6 Å². The number of imidazole rings is 1. The van der Waals surface area contributed by atoms with E-state index in [4.69, 9.17) is 11.6 Å². The number of urea groups is 1. The molecule has 0 aliphatic carbocycles. The molecule has 6 heteroatoms. The maximum Gasteiger partial charge on any atom is 0.317 e. The van der Waals surface area contributed by atoms with Gasteiger partial charge in [0.2, 0.25) is 0 Å². The number of nitrogens with one attached hydrogen (secondary N) is 2. The molecule has 2 aromatic rings. The van der Waals surface area contributed by atoms with Crippen molar-refractivity contribution in [3.63, 3.8) is 0 Å². The molecule has 3 rings (SSSR count). The van der Waals surface area contributed by atoms with Gasteiger partial charge in [0.05, 0.1) is 12.0 Å². The van der Waals surface area contributed by atoms with E-state index in [1.54, 1.807) is 6.33 Å². The van der Waals surface area contributed by atoms with Gasteiger partial charge in [-0.2, -0.15) is 0 Å². The Kier molecular flexibility index (Phi) is 4.63. The van der Waals surface area contributed by atoms with Crippen LogP contribution in [0.15, 0.2) is 30.6 Å². The van der Waals surface area contributed by atoms with Gasteiger partial charge in [-0.15, -0.1) is 0 Å². The number of halogens is 1. The Bertz CT molecular complexity index is 638. The Morgan fingerprint density at radius 3 is 2.91 bits per heavy atom. The second-order valence-corrected chi connectivity index (χ2v) is 5.89. The molecule has 5 nitrogen and oxygen atoms in total. The molecule has 1 aliphatic heterocycles. The SMILES string of the molecule is O=C(NCc1ccc(Cl)cc1)N1CCCc2[nH]cnc2CC1. The number of carbonyl (C=O) groups excluding carboxylic acids is 1. The summed E-state index contributed by atoms with van der Waals surface area (Å²) in [6.07, 6.45) is 4.42. The third kappa shape index (κ3) is 3.60. The number of fused-ring (bicyclic) bond motifs is 1. The summed E-state index contributed by atoms with van der Waals surface area (Å²) >= 11 is 5.86. The van der Waals surface area contributed by atoms with Crippen molar-refractivity contribution in [1.29, 1.82) is 0 Å². The summed E-state index contributed by atoms with van der Waals surface area (Å²) in [5, 5.41) is 3.67. The minimum atomic E-state index is -0.0195. The number of aryl methyl sites for hydroxylation is 1. The first-order chi connectivity index (χ1) is 10.7. The van der Waals surface area contributed by atoms with Crippen LogP contribution in [-0.4, -0.2) is 34.0 Å². The van der Waals surface area contributed by atoms with Gasteiger partial charge in [-0.3, -0.25) is 0 Å². The molecule has 1 aromatic carbocycles. The number of hydrogen-bond donors (Lipinski definition) is 2. The van der Waals surface area contributed by atoms with Crippen molar-refractivity contribution in [3.05, 3.63) is 52.6 Å². The summed E-state index contributed by atoms with van der Waals surface area (Å²) in [4.78, 5) is 21.7. The van der Waals surface area contributed by atoms with Crippen LogP contribution in [0.4, 0.5) is 4.79 Å². The number of aromatic amines is 1. The first-order valence-electron chi connectivity index (χ1n) is 7.51. The highest BCUT2D eigenvalue weighted by atomic mass is 35.5. The van der Waals surface area contributed by atoms with Gasteiger partial charge in [-0.05, 0) is 30.5 Å². The third-order valence-corrected chi connectivity index (χ3v) is 4.18. The molecule has 0 unspecified atom stereocenters. The molecular formula is C16H19ClN4O. The maximum atomic E-state index is 12.3. The fourth-order valence-corrected chi connectivity index (χ4v) is 2.80. The van der Waals surface area contributed by atoms with Crippen LogP contribution in [-0.2, 0) is 19.4 Å². The average Bonchev–Trinajstić information content (AvgIpc) is 2.93. The van der Waals surface area contributed by atoms with Crippen molar-refractivity contribution in [3.8, 4) is 0 Å². The number of H-pyrrole nitrogens is 1. The first-order valence-corrected chi connectivity index (χ1v) is 7.88. The molecule has 1 aliphatic rings. The van der Waals surface area contributed by atoms with E-state index in [1.807, 2.05) is 29.2 Å². The Morgan fingerprint density at radius 1 is 1.27 bits per heavy atom. The first kappa shape index (κ1) is 14.9. The number of hydrogen-bond acceptors (Lipinski definition) is 2. The standard InChI is InChI=1S/C16H19ClN4O/c17-13-5-3-12(4-6-13)10-18-16(22)21-8-1-2-14-15(7-9-21)20-11-19-14/h3-6,11H,1-2,7-10H2,(H,18,22)(H,19,20). The van der Waals surface area contributed by atoms with E-state index in [9.17, 15) is 4.79 Å². The number of aromatic nitrogens is 2. The zero-order chi connectivity index (χ0) is 15.4. The summed E-state index contributed by atoms with van der Waals surface area (Å²) in [6.45, 7) is 1.98. The van der Waals surface area contributed by atoms with E-state index < -0.39 is 0 Å². The smallest absolute Gasteiger partial charge is 0.317 e. The van der Waals surface area contributed by atoms with Gasteiger partial charge in [-0.1, -0.05) is 23.7 Å². The lowest BCUT2D eigenvalue weighted by Crippen LogP contribution is -2.42. The fourth-order valence-electron chi connectivity index (χ4n) is 2.68. The Balaban J connectivity index is 1.55. The second kappa shape index (κ2) is 6.83. The van der Waals surface area contributed by atoms with Crippen LogP contribution < -0.4 is 5.32 Å². The number of carbonyl (C=O) groups is 1. The summed E-state index contributed by atoms with van der Waals surface area (Å²) in [7, 11) is 0. The van der Waals surface area contributed by atoms with Crippen LogP contribution in [0, 0.1) is 0 Å². The van der Waals surface area contributed by atoms with Crippen molar-refractivity contribution in [2.45, 2.75) is 25.8 Å². The predicted octanol–water partition coefficient (Wildman–Crippen LogP) is 2.76. The van der Waals surface area contributed by atoms with Crippen molar-refractivity contribution < 1.29 is 4.79 Å². The molecule has 0 atom stereocenters. The Labute approximate surface area is 134 Å². The normalized spacial score (nSPS) is 14.9. The second-order valence-electron chi connectivity index (χ2n) is 5.45. The lowest BCUT2D eigenvalue weighted by molar-refractivity contribution is 0.196. The average molecular weight is 319 g/mol. The van der Waals surface area contributed by atoms with Gasteiger partial charge in [-0.25, -0.2) is 9.78 Å². The molecule has 2 amide bonds. The largest absolute Gasteiger partial charge is 0.348 e. The van der Waals surface area contributed by atoms with Crippen LogP contribution in [0.3, 0.4) is 0 Å². The van der Waals surface area contributed by atoms with Gasteiger partial charge in [0.15, 0.2) is 0 Å². The van der Waals surface area contributed by atoms with Crippen molar-refractivity contribution in [2.24, 2.45) is 0 Å². The Hall–Kier alpha value is -2.01.